The number of rotatable bonds is 3. The minimum atomic E-state index is -2.56. The van der Waals surface area contributed by atoms with E-state index in [0.29, 0.717) is 0 Å². The molecule has 13 heavy (non-hydrogen) atoms. The summed E-state index contributed by atoms with van der Waals surface area (Å²) >= 11 is 0. The summed E-state index contributed by atoms with van der Waals surface area (Å²) in [4.78, 5) is 4.24. The van der Waals surface area contributed by atoms with Crippen molar-refractivity contribution in [2.75, 3.05) is 0 Å². The second-order valence-electron chi connectivity index (χ2n) is 2.50. The number of hydrogen-bond donors (Lipinski definition) is 2. The number of halogens is 2. The third-order valence-corrected chi connectivity index (χ3v) is 1.59. The largest absolute Gasteiger partial charge is 0.508 e. The number of phenolic OH excluding ortho intramolecular Hbond substituents is 1. The Bertz CT molecular complexity index is 291. The maximum atomic E-state index is 12.2. The van der Waals surface area contributed by atoms with Crippen molar-refractivity contribution < 1.29 is 18.7 Å². The first-order valence-corrected chi connectivity index (χ1v) is 3.56. The molecule has 72 valence electrons. The first-order valence-electron chi connectivity index (χ1n) is 3.56. The molecule has 0 heterocycles. The van der Waals surface area contributed by atoms with Crippen molar-refractivity contribution in [1.82, 2.24) is 0 Å². The minimum absolute atomic E-state index is 0.0909. The standard InChI is InChI=1S/C8H9F2NO2/c9-8(10)5-1-2-7(12)6(3-5)4-13-11/h1-3,8,12H,4,11H2. The molecule has 0 amide bonds. The highest BCUT2D eigenvalue weighted by molar-refractivity contribution is 5.36. The van der Waals surface area contributed by atoms with Crippen LogP contribution in [0.4, 0.5) is 8.78 Å². The molecule has 1 rings (SSSR count). The molecule has 0 fully saturated rings. The number of hydrogen-bond acceptors (Lipinski definition) is 3. The second-order valence-corrected chi connectivity index (χ2v) is 2.50. The highest BCUT2D eigenvalue weighted by Gasteiger charge is 2.09. The summed E-state index contributed by atoms with van der Waals surface area (Å²) in [5, 5.41) is 9.17. The van der Waals surface area contributed by atoms with Crippen molar-refractivity contribution in [1.29, 1.82) is 0 Å². The lowest BCUT2D eigenvalue weighted by atomic mass is 10.1. The van der Waals surface area contributed by atoms with E-state index in [9.17, 15) is 8.78 Å². The molecule has 0 bridgehead atoms. The van der Waals surface area contributed by atoms with E-state index < -0.39 is 6.43 Å². The van der Waals surface area contributed by atoms with Crippen LogP contribution in [-0.4, -0.2) is 5.11 Å². The highest BCUT2D eigenvalue weighted by atomic mass is 19.3. The van der Waals surface area contributed by atoms with Gasteiger partial charge >= 0.3 is 0 Å². The van der Waals surface area contributed by atoms with Crippen molar-refractivity contribution in [3.05, 3.63) is 29.3 Å². The van der Waals surface area contributed by atoms with E-state index in [1.807, 2.05) is 0 Å². The van der Waals surface area contributed by atoms with Gasteiger partial charge in [-0.1, -0.05) is 0 Å². The van der Waals surface area contributed by atoms with Crippen LogP contribution in [0.25, 0.3) is 0 Å². The van der Waals surface area contributed by atoms with E-state index in [0.717, 1.165) is 12.1 Å². The molecule has 1 aromatic rings. The van der Waals surface area contributed by atoms with Gasteiger partial charge in [0.1, 0.15) is 5.75 Å². The topological polar surface area (TPSA) is 55.5 Å². The number of aromatic hydroxyl groups is 1. The lowest BCUT2D eigenvalue weighted by molar-refractivity contribution is 0.121. The van der Waals surface area contributed by atoms with Crippen molar-refractivity contribution in [2.24, 2.45) is 5.90 Å². The zero-order chi connectivity index (χ0) is 9.84. The molecule has 3 N–H and O–H groups in total. The molecule has 0 atom stereocenters. The van der Waals surface area contributed by atoms with E-state index in [1.165, 1.54) is 6.07 Å². The van der Waals surface area contributed by atoms with Gasteiger partial charge in [-0.15, -0.1) is 0 Å². The Kier molecular flexibility index (Phi) is 3.16. The molecule has 3 nitrogen and oxygen atoms in total. The summed E-state index contributed by atoms with van der Waals surface area (Å²) in [6.45, 7) is -0.0909. The number of nitrogens with two attached hydrogens (primary N) is 1. The Morgan fingerprint density at radius 2 is 2.15 bits per heavy atom. The predicted octanol–water partition coefficient (Wildman–Crippen LogP) is 1.72. The van der Waals surface area contributed by atoms with E-state index in [2.05, 4.69) is 4.84 Å². The average Bonchev–Trinajstić information content (AvgIpc) is 2.08. The van der Waals surface area contributed by atoms with E-state index in [-0.39, 0.29) is 23.5 Å². The molecule has 0 saturated heterocycles. The molecule has 0 unspecified atom stereocenters. The Balaban J connectivity index is 2.97. The van der Waals surface area contributed by atoms with Crippen LogP contribution < -0.4 is 5.90 Å². The van der Waals surface area contributed by atoms with E-state index in [4.69, 9.17) is 11.0 Å². The Hall–Kier alpha value is -1.20. The Labute approximate surface area is 73.7 Å². The van der Waals surface area contributed by atoms with Gasteiger partial charge < -0.3 is 5.11 Å². The zero-order valence-electron chi connectivity index (χ0n) is 6.71. The normalized spacial score (nSPS) is 10.8. The molecule has 0 spiro atoms. The minimum Gasteiger partial charge on any atom is -0.508 e. The quantitative estimate of drug-likeness (QED) is 0.712. The van der Waals surface area contributed by atoms with Crippen LogP contribution in [0, 0.1) is 0 Å². The lowest BCUT2D eigenvalue weighted by Crippen LogP contribution is -2.00. The monoisotopic (exact) mass is 189 g/mol. The highest BCUT2D eigenvalue weighted by Crippen LogP contribution is 2.25. The molecule has 0 radical (unpaired) electrons. The summed E-state index contributed by atoms with van der Waals surface area (Å²) in [6.07, 6.45) is -2.56. The van der Waals surface area contributed by atoms with E-state index in [1.54, 1.807) is 0 Å². The average molecular weight is 189 g/mol. The number of alkyl halides is 2. The Morgan fingerprint density at radius 3 is 2.69 bits per heavy atom. The predicted molar refractivity (Wildman–Crippen MR) is 42.0 cm³/mol. The first-order chi connectivity index (χ1) is 6.15. The van der Waals surface area contributed by atoms with Gasteiger partial charge in [-0.25, -0.2) is 14.7 Å². The molecular weight excluding hydrogens is 180 g/mol. The molecule has 1 aromatic carbocycles. The van der Waals surface area contributed by atoms with Crippen LogP contribution in [0.2, 0.25) is 0 Å². The van der Waals surface area contributed by atoms with Crippen molar-refractivity contribution in [3.63, 3.8) is 0 Å². The summed E-state index contributed by atoms with van der Waals surface area (Å²) in [7, 11) is 0. The summed E-state index contributed by atoms with van der Waals surface area (Å²) < 4.78 is 24.3. The maximum Gasteiger partial charge on any atom is 0.263 e. The smallest absolute Gasteiger partial charge is 0.263 e. The molecular formula is C8H9F2NO2. The van der Waals surface area contributed by atoms with Gasteiger partial charge in [0.15, 0.2) is 0 Å². The summed E-state index contributed by atoms with van der Waals surface area (Å²) in [6, 6.07) is 3.50. The lowest BCUT2D eigenvalue weighted by Gasteiger charge is -2.05. The van der Waals surface area contributed by atoms with Crippen LogP contribution in [-0.2, 0) is 11.4 Å². The van der Waals surface area contributed by atoms with Crippen molar-refractivity contribution in [3.8, 4) is 5.75 Å². The summed E-state index contributed by atoms with van der Waals surface area (Å²) in [5.41, 5.74) is 0.0881. The van der Waals surface area contributed by atoms with Gasteiger partial charge in [-0.2, -0.15) is 0 Å². The van der Waals surface area contributed by atoms with Crippen LogP contribution in [0.3, 0.4) is 0 Å². The van der Waals surface area contributed by atoms with Crippen LogP contribution in [0.5, 0.6) is 5.75 Å². The summed E-state index contributed by atoms with van der Waals surface area (Å²) in [5.74, 6) is 4.66. The number of benzene rings is 1. The van der Waals surface area contributed by atoms with Gasteiger partial charge in [0.2, 0.25) is 0 Å². The first kappa shape index (κ1) is 9.88. The molecule has 0 aromatic heterocycles. The van der Waals surface area contributed by atoms with Crippen molar-refractivity contribution >= 4 is 0 Å². The second kappa shape index (κ2) is 4.15. The molecule has 0 saturated carbocycles. The van der Waals surface area contributed by atoms with Gasteiger partial charge in [0.25, 0.3) is 6.43 Å². The number of phenols is 1. The Morgan fingerprint density at radius 1 is 1.46 bits per heavy atom. The maximum absolute atomic E-state index is 12.2. The van der Waals surface area contributed by atoms with Gasteiger partial charge in [0, 0.05) is 11.1 Å². The van der Waals surface area contributed by atoms with Crippen LogP contribution in [0.15, 0.2) is 18.2 Å². The van der Waals surface area contributed by atoms with Crippen LogP contribution >= 0.6 is 0 Å². The fraction of sp³-hybridized carbons (Fsp3) is 0.250. The molecule has 0 aliphatic carbocycles. The van der Waals surface area contributed by atoms with Gasteiger partial charge in [-0.05, 0) is 18.2 Å². The third kappa shape index (κ3) is 2.37. The van der Waals surface area contributed by atoms with Crippen molar-refractivity contribution in [2.45, 2.75) is 13.0 Å². The molecule has 0 aliphatic heterocycles. The molecule has 0 aliphatic rings. The van der Waals surface area contributed by atoms with Gasteiger partial charge in [0.05, 0.1) is 6.61 Å². The fourth-order valence-electron chi connectivity index (χ4n) is 0.947. The van der Waals surface area contributed by atoms with Gasteiger partial charge in [-0.3, -0.25) is 4.84 Å². The zero-order valence-corrected chi connectivity index (χ0v) is 6.71. The van der Waals surface area contributed by atoms with E-state index >= 15 is 0 Å². The molecule has 5 heteroatoms. The fourth-order valence-corrected chi connectivity index (χ4v) is 0.947. The third-order valence-electron chi connectivity index (χ3n) is 1.59. The SMILES string of the molecule is NOCc1cc(C(F)F)ccc1O. The van der Waals surface area contributed by atoms with Crippen LogP contribution in [0.1, 0.15) is 17.6 Å².